The van der Waals surface area contributed by atoms with Crippen molar-refractivity contribution in [2.45, 2.75) is 91.1 Å². The Kier molecular flexibility index (Phi) is 18.2. The summed E-state index contributed by atoms with van der Waals surface area (Å²) in [5.74, 6) is -8.82. The third kappa shape index (κ3) is 13.2. The van der Waals surface area contributed by atoms with E-state index in [9.17, 15) is 43.5 Å². The van der Waals surface area contributed by atoms with E-state index in [1.807, 2.05) is 20.8 Å². The molecule has 1 aromatic heterocycles. The minimum atomic E-state index is -1.78. The average Bonchev–Trinajstić information content (AvgIpc) is 3.63. The number of furan rings is 1. The van der Waals surface area contributed by atoms with E-state index in [1.165, 1.54) is 30.3 Å². The van der Waals surface area contributed by atoms with Crippen LogP contribution < -0.4 is 20.7 Å². The highest BCUT2D eigenvalue weighted by molar-refractivity contribution is 6.00. The van der Waals surface area contributed by atoms with Gasteiger partial charge in [0.15, 0.2) is 12.4 Å². The Balaban J connectivity index is 2.20. The van der Waals surface area contributed by atoms with Gasteiger partial charge in [0.2, 0.25) is 12.3 Å². The molecule has 0 saturated carbocycles. The minimum absolute atomic E-state index is 0.0873. The van der Waals surface area contributed by atoms with Gasteiger partial charge in [0.05, 0.1) is 36.5 Å². The number of benzene rings is 1. The summed E-state index contributed by atoms with van der Waals surface area (Å²) in [6, 6.07) is 3.94. The predicted octanol–water partition coefficient (Wildman–Crippen LogP) is 3.20. The topological polar surface area (TPSA) is 268 Å². The number of carboxylic acid groups (broad SMARTS) is 3. The number of ether oxygens (including phenoxy) is 1. The molecule has 0 spiro atoms. The molecule has 1 heterocycles. The number of hydrogen-bond acceptors (Lipinski definition) is 11. The molecule has 4 amide bonds. The zero-order valence-electron chi connectivity index (χ0n) is 30.6. The lowest BCUT2D eigenvalue weighted by Crippen LogP contribution is -2.49. The van der Waals surface area contributed by atoms with Crippen LogP contribution in [0.15, 0.2) is 34.7 Å². The van der Waals surface area contributed by atoms with E-state index in [1.54, 1.807) is 6.92 Å². The van der Waals surface area contributed by atoms with Crippen molar-refractivity contribution in [3.63, 3.8) is 0 Å². The fourth-order valence-corrected chi connectivity index (χ4v) is 5.50. The van der Waals surface area contributed by atoms with E-state index in [-0.39, 0.29) is 35.1 Å². The van der Waals surface area contributed by atoms with Gasteiger partial charge in [-0.25, -0.2) is 14.4 Å². The van der Waals surface area contributed by atoms with Crippen molar-refractivity contribution >= 4 is 48.0 Å². The lowest BCUT2D eigenvalue weighted by Gasteiger charge is -2.32. The second-order valence-corrected chi connectivity index (χ2v) is 12.2. The van der Waals surface area contributed by atoms with Crippen LogP contribution in [0.2, 0.25) is 0 Å². The van der Waals surface area contributed by atoms with Gasteiger partial charge < -0.3 is 45.3 Å². The first kappa shape index (κ1) is 44.2. The van der Waals surface area contributed by atoms with Crippen LogP contribution in [0.25, 0.3) is 11.3 Å². The fraction of sp³-hybridized carbons (Fsp3) is 0.500. The summed E-state index contributed by atoms with van der Waals surface area (Å²) in [6.45, 7) is 6.24. The smallest absolute Gasteiger partial charge is 0.341 e. The van der Waals surface area contributed by atoms with Crippen LogP contribution in [-0.4, -0.2) is 93.8 Å². The number of carbonyl (C=O) groups is 8. The number of amides is 4. The first-order valence-corrected chi connectivity index (χ1v) is 17.6. The summed E-state index contributed by atoms with van der Waals surface area (Å²) in [7, 11) is 0. The van der Waals surface area contributed by atoms with Gasteiger partial charge in [-0.05, 0) is 49.9 Å². The van der Waals surface area contributed by atoms with Gasteiger partial charge in [-0.1, -0.05) is 53.0 Å². The Morgan fingerprint density at radius 3 is 2.15 bits per heavy atom. The zero-order chi connectivity index (χ0) is 40.4. The van der Waals surface area contributed by atoms with E-state index in [2.05, 4.69) is 16.0 Å². The maximum Gasteiger partial charge on any atom is 0.341 e. The predicted molar refractivity (Wildman–Crippen MR) is 189 cm³/mol. The van der Waals surface area contributed by atoms with Crippen molar-refractivity contribution in [2.24, 2.45) is 11.8 Å². The van der Waals surface area contributed by atoms with Crippen molar-refractivity contribution < 1.29 is 67.7 Å². The molecule has 3 atom stereocenters. The highest BCUT2D eigenvalue weighted by atomic mass is 16.7. The molecule has 0 aliphatic heterocycles. The molecule has 2 unspecified atom stereocenters. The fourth-order valence-electron chi connectivity index (χ4n) is 5.50. The number of aliphatic carboxylic acids is 3. The number of nitrogens with one attached hydrogen (secondary N) is 3. The van der Waals surface area contributed by atoms with Crippen LogP contribution in [0, 0.1) is 11.8 Å². The van der Waals surface area contributed by atoms with Crippen LogP contribution in [0.3, 0.4) is 0 Å². The Labute approximate surface area is 311 Å². The summed E-state index contributed by atoms with van der Waals surface area (Å²) in [4.78, 5) is 103. The van der Waals surface area contributed by atoms with Gasteiger partial charge >= 0.3 is 23.9 Å². The number of rotatable bonds is 25. The molecule has 0 aliphatic carbocycles. The average molecular weight is 761 g/mol. The Morgan fingerprint density at radius 1 is 0.870 bits per heavy atom. The first-order valence-electron chi connectivity index (χ1n) is 17.6. The zero-order valence-corrected chi connectivity index (χ0v) is 30.6. The maximum absolute atomic E-state index is 13.4. The van der Waals surface area contributed by atoms with Crippen molar-refractivity contribution in [3.05, 3.63) is 41.7 Å². The van der Waals surface area contributed by atoms with Gasteiger partial charge in [0, 0.05) is 5.56 Å². The number of carboxylic acids is 3. The van der Waals surface area contributed by atoms with E-state index in [0.29, 0.717) is 38.5 Å². The molecule has 296 valence electrons. The Morgan fingerprint density at radius 2 is 1.57 bits per heavy atom. The second-order valence-electron chi connectivity index (χ2n) is 12.2. The molecule has 6 N–H and O–H groups in total. The summed E-state index contributed by atoms with van der Waals surface area (Å²) < 4.78 is 10.9. The molecule has 18 nitrogen and oxygen atoms in total. The molecule has 2 aromatic rings. The number of carbonyl (C=O) groups excluding carboxylic acids is 5. The SMILES string of the molecule is CCCCCC(C(=O)NCNC(=O)c1ccc(-c2ccc(C(=O)N[C@@H](CC(=O)O)C(=O)O)c(OCC(=O)O)c2)o1)C(CC)N(C=O)OC(=O)C(CC)CC. The van der Waals surface area contributed by atoms with Gasteiger partial charge in [0.25, 0.3) is 11.8 Å². The standard InChI is InChI=1S/C36H48N4O14/c1-5-9-10-11-23(26(8-4)40(20-41)54-36(51)21(6-2)7-3)32(46)37-19-38-34(48)28-15-14-27(53-28)22-12-13-24(29(16-22)52-18-31(44)45)33(47)39-25(35(49)50)17-30(42)43/h12-16,20-21,23,25-26H,5-11,17-19H2,1-4H3,(H,37,46)(H,38,48)(H,39,47)(H,42,43)(H,44,45)(H,49,50)/t23?,25-,26?/m0/s1. The number of hydroxylamine groups is 2. The molecule has 0 fully saturated rings. The molecule has 0 radical (unpaired) electrons. The quantitative estimate of drug-likeness (QED) is 0.0367. The third-order valence-electron chi connectivity index (χ3n) is 8.47. The second kappa shape index (κ2) is 22.2. The van der Waals surface area contributed by atoms with Crippen molar-refractivity contribution in [1.29, 1.82) is 0 Å². The summed E-state index contributed by atoms with van der Waals surface area (Å²) in [5.41, 5.74) is -0.0690. The highest BCUT2D eigenvalue weighted by Gasteiger charge is 2.34. The van der Waals surface area contributed by atoms with Crippen molar-refractivity contribution in [1.82, 2.24) is 21.0 Å². The molecular weight excluding hydrogens is 712 g/mol. The molecular formula is C36H48N4O14. The Bertz CT molecular complexity index is 1640. The van der Waals surface area contributed by atoms with Crippen LogP contribution in [0.1, 0.15) is 100.0 Å². The third-order valence-corrected chi connectivity index (χ3v) is 8.47. The highest BCUT2D eigenvalue weighted by Crippen LogP contribution is 2.29. The molecule has 18 heteroatoms. The van der Waals surface area contributed by atoms with Crippen molar-refractivity contribution in [3.8, 4) is 17.1 Å². The van der Waals surface area contributed by atoms with Crippen LogP contribution in [-0.2, 0) is 33.6 Å². The molecule has 1 aromatic carbocycles. The van der Waals surface area contributed by atoms with Crippen LogP contribution in [0.5, 0.6) is 5.75 Å². The Hall–Kier alpha value is -5.94. The molecule has 0 aliphatic rings. The van der Waals surface area contributed by atoms with Gasteiger partial charge in [-0.2, -0.15) is 5.06 Å². The van der Waals surface area contributed by atoms with Crippen LogP contribution in [0.4, 0.5) is 0 Å². The lowest BCUT2D eigenvalue weighted by molar-refractivity contribution is -0.208. The van der Waals surface area contributed by atoms with Gasteiger partial charge in [-0.15, -0.1) is 0 Å². The maximum atomic E-state index is 13.4. The van der Waals surface area contributed by atoms with Gasteiger partial charge in [0.1, 0.15) is 17.6 Å². The number of hydrogen-bond donors (Lipinski definition) is 6. The summed E-state index contributed by atoms with van der Waals surface area (Å²) in [6.07, 6.45) is 3.60. The molecule has 0 saturated heterocycles. The number of unbranched alkanes of at least 4 members (excludes halogenated alkanes) is 2. The molecule has 2 rings (SSSR count). The van der Waals surface area contributed by atoms with E-state index >= 15 is 0 Å². The minimum Gasteiger partial charge on any atom is -0.481 e. The van der Waals surface area contributed by atoms with Crippen LogP contribution >= 0.6 is 0 Å². The normalized spacial score (nSPS) is 12.5. The van der Waals surface area contributed by atoms with E-state index in [0.717, 1.165) is 17.9 Å². The monoisotopic (exact) mass is 760 g/mol. The van der Waals surface area contributed by atoms with E-state index < -0.39 is 78.5 Å². The summed E-state index contributed by atoms with van der Waals surface area (Å²) in [5, 5.41) is 35.5. The largest absolute Gasteiger partial charge is 0.481 e. The molecule has 54 heavy (non-hydrogen) atoms. The summed E-state index contributed by atoms with van der Waals surface area (Å²) >= 11 is 0. The lowest BCUT2D eigenvalue weighted by atomic mass is 9.90. The first-order chi connectivity index (χ1) is 25.7. The number of nitrogens with zero attached hydrogens (tertiary/aromatic N) is 1. The van der Waals surface area contributed by atoms with E-state index in [4.69, 9.17) is 24.2 Å². The molecule has 0 bridgehead atoms. The van der Waals surface area contributed by atoms with Crippen molar-refractivity contribution in [2.75, 3.05) is 13.3 Å². The van der Waals surface area contributed by atoms with Gasteiger partial charge in [-0.3, -0.25) is 24.0 Å².